The van der Waals surface area contributed by atoms with Crippen LogP contribution in [0.3, 0.4) is 0 Å². The molecule has 0 aromatic rings. The molecule has 70 valence electrons. The van der Waals surface area contributed by atoms with Crippen LogP contribution in [0.4, 0.5) is 13.2 Å². The van der Waals surface area contributed by atoms with Gasteiger partial charge >= 0.3 is 6.18 Å². The second-order valence-electron chi connectivity index (χ2n) is 2.46. The third-order valence-electron chi connectivity index (χ3n) is 1.42. The maximum absolute atomic E-state index is 11.6. The Morgan fingerprint density at radius 1 is 1.50 bits per heavy atom. The molecule has 0 aromatic heterocycles. The van der Waals surface area contributed by atoms with Gasteiger partial charge in [0.25, 0.3) is 0 Å². The van der Waals surface area contributed by atoms with Crippen molar-refractivity contribution in [3.63, 3.8) is 0 Å². The topological polar surface area (TPSA) is 35.8 Å². The van der Waals surface area contributed by atoms with Crippen molar-refractivity contribution in [3.05, 3.63) is 0 Å². The molecular weight excluding hydrogens is 169 g/mol. The van der Waals surface area contributed by atoms with E-state index in [-0.39, 0.29) is 12.5 Å². The van der Waals surface area contributed by atoms with Crippen LogP contribution in [0.2, 0.25) is 0 Å². The highest BCUT2D eigenvalue weighted by Crippen LogP contribution is 2.13. The molecule has 0 aliphatic heterocycles. The number of nitriles is 1. The maximum Gasteiger partial charge on any atom is 0.401 e. The Balaban J connectivity index is 3.67. The number of nitrogens with one attached hydrogen (secondary N) is 1. The first kappa shape index (κ1) is 11.2. The molecule has 5 heteroatoms. The maximum atomic E-state index is 11.6. The molecule has 0 saturated carbocycles. The van der Waals surface area contributed by atoms with Crippen molar-refractivity contribution >= 4 is 0 Å². The first-order valence-corrected chi connectivity index (χ1v) is 3.66. The monoisotopic (exact) mass is 180 g/mol. The lowest BCUT2D eigenvalue weighted by Gasteiger charge is -2.14. The van der Waals surface area contributed by atoms with Crippen molar-refractivity contribution in [2.45, 2.75) is 32.0 Å². The molecule has 0 fully saturated rings. The van der Waals surface area contributed by atoms with Crippen molar-refractivity contribution < 1.29 is 13.2 Å². The fraction of sp³-hybridized carbons (Fsp3) is 0.857. The van der Waals surface area contributed by atoms with Crippen molar-refractivity contribution in [2.75, 3.05) is 6.54 Å². The second kappa shape index (κ2) is 4.99. The van der Waals surface area contributed by atoms with Crippen LogP contribution in [0.25, 0.3) is 0 Å². The Labute approximate surface area is 69.4 Å². The minimum Gasteiger partial charge on any atom is -0.305 e. The van der Waals surface area contributed by atoms with Gasteiger partial charge in [0.1, 0.15) is 0 Å². The smallest absolute Gasteiger partial charge is 0.305 e. The summed E-state index contributed by atoms with van der Waals surface area (Å²) in [7, 11) is 0. The lowest BCUT2D eigenvalue weighted by Crippen LogP contribution is -2.36. The summed E-state index contributed by atoms with van der Waals surface area (Å²) >= 11 is 0. The Hall–Kier alpha value is -0.760. The minimum absolute atomic E-state index is 0.118. The SMILES string of the molecule is CCC(CC#N)NCC(F)(F)F. The molecule has 0 aromatic carbocycles. The quantitative estimate of drug-likeness (QED) is 0.716. The van der Waals surface area contributed by atoms with Crippen molar-refractivity contribution in [2.24, 2.45) is 0 Å². The number of rotatable bonds is 4. The van der Waals surface area contributed by atoms with Crippen LogP contribution in [0.5, 0.6) is 0 Å². The Morgan fingerprint density at radius 2 is 2.08 bits per heavy atom. The van der Waals surface area contributed by atoms with E-state index in [0.717, 1.165) is 0 Å². The van der Waals surface area contributed by atoms with E-state index >= 15 is 0 Å². The molecule has 0 bridgehead atoms. The van der Waals surface area contributed by atoms with Gasteiger partial charge in [0.2, 0.25) is 0 Å². The van der Waals surface area contributed by atoms with Crippen LogP contribution in [0.1, 0.15) is 19.8 Å². The summed E-state index contributed by atoms with van der Waals surface area (Å²) < 4.78 is 34.9. The van der Waals surface area contributed by atoms with E-state index in [0.29, 0.717) is 6.42 Å². The number of halogens is 3. The number of alkyl halides is 3. The fourth-order valence-electron chi connectivity index (χ4n) is 0.731. The van der Waals surface area contributed by atoms with Gasteiger partial charge < -0.3 is 5.32 Å². The van der Waals surface area contributed by atoms with E-state index in [4.69, 9.17) is 5.26 Å². The van der Waals surface area contributed by atoms with Crippen LogP contribution in [-0.2, 0) is 0 Å². The lowest BCUT2D eigenvalue weighted by molar-refractivity contribution is -0.126. The van der Waals surface area contributed by atoms with Gasteiger partial charge in [-0.2, -0.15) is 18.4 Å². The summed E-state index contributed by atoms with van der Waals surface area (Å²) in [6, 6.07) is 1.47. The van der Waals surface area contributed by atoms with Crippen LogP contribution in [-0.4, -0.2) is 18.8 Å². The molecule has 0 heterocycles. The molecule has 0 amide bonds. The number of hydrogen-bond acceptors (Lipinski definition) is 2. The zero-order valence-electron chi connectivity index (χ0n) is 6.78. The highest BCUT2D eigenvalue weighted by Gasteiger charge is 2.27. The van der Waals surface area contributed by atoms with Gasteiger partial charge in [-0.25, -0.2) is 0 Å². The average molecular weight is 180 g/mol. The van der Waals surface area contributed by atoms with E-state index in [1.54, 1.807) is 6.92 Å². The van der Waals surface area contributed by atoms with Crippen LogP contribution in [0.15, 0.2) is 0 Å². The van der Waals surface area contributed by atoms with Gasteiger partial charge in [-0.05, 0) is 6.42 Å². The largest absolute Gasteiger partial charge is 0.401 e. The van der Waals surface area contributed by atoms with E-state index in [1.807, 2.05) is 6.07 Å². The van der Waals surface area contributed by atoms with Gasteiger partial charge in [0.15, 0.2) is 0 Å². The third kappa shape index (κ3) is 5.98. The molecule has 0 saturated heterocycles. The van der Waals surface area contributed by atoms with Gasteiger partial charge in [-0.15, -0.1) is 0 Å². The molecule has 1 atom stereocenters. The van der Waals surface area contributed by atoms with Crippen LogP contribution in [0, 0.1) is 11.3 Å². The zero-order valence-corrected chi connectivity index (χ0v) is 6.78. The van der Waals surface area contributed by atoms with Gasteiger partial charge in [0, 0.05) is 6.04 Å². The summed E-state index contributed by atoms with van der Waals surface area (Å²) in [4.78, 5) is 0. The van der Waals surface area contributed by atoms with Crippen molar-refractivity contribution in [1.29, 1.82) is 5.26 Å². The summed E-state index contributed by atoms with van der Waals surface area (Å²) in [5.41, 5.74) is 0. The van der Waals surface area contributed by atoms with E-state index in [2.05, 4.69) is 5.32 Å². The lowest BCUT2D eigenvalue weighted by atomic mass is 10.2. The minimum atomic E-state index is -4.19. The Kier molecular flexibility index (Phi) is 4.67. The Morgan fingerprint density at radius 3 is 2.42 bits per heavy atom. The standard InChI is InChI=1S/C7H11F3N2/c1-2-6(3-4-11)12-5-7(8,9)10/h6,12H,2-3,5H2,1H3. The molecule has 1 N–H and O–H groups in total. The molecule has 0 rings (SSSR count). The molecule has 12 heavy (non-hydrogen) atoms. The molecular formula is C7H11F3N2. The predicted octanol–water partition coefficient (Wildman–Crippen LogP) is 1.83. The van der Waals surface area contributed by atoms with Crippen LogP contribution >= 0.6 is 0 Å². The highest BCUT2D eigenvalue weighted by atomic mass is 19.4. The third-order valence-corrected chi connectivity index (χ3v) is 1.42. The molecule has 0 spiro atoms. The summed E-state index contributed by atoms with van der Waals surface area (Å²) in [6.07, 6.45) is -3.54. The average Bonchev–Trinajstić information content (AvgIpc) is 1.96. The van der Waals surface area contributed by atoms with Gasteiger partial charge in [-0.3, -0.25) is 0 Å². The first-order chi connectivity index (χ1) is 5.49. The molecule has 1 unspecified atom stereocenters. The predicted molar refractivity (Wildman–Crippen MR) is 38.4 cm³/mol. The zero-order chi connectivity index (χ0) is 9.61. The summed E-state index contributed by atoms with van der Waals surface area (Å²) in [5, 5.41) is 10.5. The van der Waals surface area contributed by atoms with E-state index in [9.17, 15) is 13.2 Å². The fourth-order valence-corrected chi connectivity index (χ4v) is 0.731. The first-order valence-electron chi connectivity index (χ1n) is 3.66. The molecule has 0 aliphatic carbocycles. The van der Waals surface area contributed by atoms with Crippen molar-refractivity contribution in [3.8, 4) is 6.07 Å². The second-order valence-corrected chi connectivity index (χ2v) is 2.46. The van der Waals surface area contributed by atoms with Gasteiger partial charge in [0.05, 0.1) is 19.0 Å². The highest BCUT2D eigenvalue weighted by molar-refractivity contribution is 4.80. The van der Waals surface area contributed by atoms with Crippen LogP contribution < -0.4 is 5.32 Å². The normalized spacial score (nSPS) is 13.9. The summed E-state index contributed by atoms with van der Waals surface area (Å²) in [6.45, 7) is 0.721. The van der Waals surface area contributed by atoms with E-state index in [1.165, 1.54) is 0 Å². The Bertz CT molecular complexity index is 159. The summed E-state index contributed by atoms with van der Waals surface area (Å²) in [5.74, 6) is 0. The number of hydrogen-bond donors (Lipinski definition) is 1. The van der Waals surface area contributed by atoms with E-state index < -0.39 is 12.7 Å². The molecule has 0 radical (unpaired) electrons. The number of nitrogens with zero attached hydrogens (tertiary/aromatic N) is 1. The van der Waals surface area contributed by atoms with Crippen molar-refractivity contribution in [1.82, 2.24) is 5.32 Å². The molecule has 0 aliphatic rings. The van der Waals surface area contributed by atoms with Gasteiger partial charge in [-0.1, -0.05) is 6.92 Å². The molecule has 2 nitrogen and oxygen atoms in total.